The van der Waals surface area contributed by atoms with Crippen LogP contribution in [0.1, 0.15) is 10.4 Å². The van der Waals surface area contributed by atoms with Crippen LogP contribution in [0.2, 0.25) is 0 Å². The van der Waals surface area contributed by atoms with Crippen LogP contribution in [0.5, 0.6) is 0 Å². The number of anilines is 1. The van der Waals surface area contributed by atoms with Crippen molar-refractivity contribution in [2.24, 2.45) is 0 Å². The molecule has 0 spiro atoms. The molecule has 21 heavy (non-hydrogen) atoms. The van der Waals surface area contributed by atoms with Gasteiger partial charge in [0.25, 0.3) is 5.91 Å². The average Bonchev–Trinajstić information content (AvgIpc) is 2.43. The Labute approximate surface area is 122 Å². The molecule has 0 aliphatic rings. The van der Waals surface area contributed by atoms with Crippen molar-refractivity contribution < 1.29 is 26.7 Å². The zero-order chi connectivity index (χ0) is 15.7. The second-order valence-corrected chi connectivity index (χ2v) is 4.67. The molecule has 0 fully saturated rings. The number of hydrogen-bond donors (Lipinski definition) is 1. The lowest BCUT2D eigenvalue weighted by Gasteiger charge is -2.08. The van der Waals surface area contributed by atoms with E-state index in [0.717, 1.165) is 0 Å². The Bertz CT molecular complexity index is 709. The van der Waals surface area contributed by atoms with Gasteiger partial charge < -0.3 is 5.32 Å². The quantitative estimate of drug-likeness (QED) is 0.499. The van der Waals surface area contributed by atoms with Crippen molar-refractivity contribution in [1.29, 1.82) is 0 Å². The molecule has 0 saturated carbocycles. The van der Waals surface area contributed by atoms with Crippen LogP contribution < -0.4 is 5.32 Å². The standard InChI is InChI=1S/C12H4BrF5N2O/c13-4-1-2-19-5(3-4)20-12(21)6-7(14)9(16)11(18)10(17)8(6)15/h1-3H,(H,19,20,21). The summed E-state index contributed by atoms with van der Waals surface area (Å²) in [4.78, 5) is 15.3. The zero-order valence-corrected chi connectivity index (χ0v) is 11.4. The summed E-state index contributed by atoms with van der Waals surface area (Å²) in [7, 11) is 0. The number of carbonyl (C=O) groups excluding carboxylic acids is 1. The van der Waals surface area contributed by atoms with Crippen molar-refractivity contribution in [3.63, 3.8) is 0 Å². The first-order valence-corrected chi connectivity index (χ1v) is 6.06. The van der Waals surface area contributed by atoms with Crippen molar-refractivity contribution in [2.45, 2.75) is 0 Å². The summed E-state index contributed by atoms with van der Waals surface area (Å²) in [5.41, 5.74) is -1.58. The lowest BCUT2D eigenvalue weighted by molar-refractivity contribution is 0.101. The van der Waals surface area contributed by atoms with Gasteiger partial charge in [-0.1, -0.05) is 15.9 Å². The Morgan fingerprint density at radius 3 is 2.05 bits per heavy atom. The van der Waals surface area contributed by atoms with E-state index >= 15 is 0 Å². The number of pyridine rings is 1. The van der Waals surface area contributed by atoms with Crippen molar-refractivity contribution in [3.05, 3.63) is 57.5 Å². The topological polar surface area (TPSA) is 42.0 Å². The van der Waals surface area contributed by atoms with Gasteiger partial charge in [-0.2, -0.15) is 0 Å². The Morgan fingerprint density at radius 2 is 1.52 bits per heavy atom. The number of amides is 1. The number of aromatic nitrogens is 1. The smallest absolute Gasteiger partial charge is 0.263 e. The summed E-state index contributed by atoms with van der Waals surface area (Å²) in [6, 6.07) is 2.79. The van der Waals surface area contributed by atoms with E-state index in [1.807, 2.05) is 5.32 Å². The third-order valence-corrected chi connectivity index (χ3v) is 2.89. The van der Waals surface area contributed by atoms with Gasteiger partial charge in [0.2, 0.25) is 5.82 Å². The first-order valence-electron chi connectivity index (χ1n) is 5.27. The van der Waals surface area contributed by atoms with Gasteiger partial charge in [0.1, 0.15) is 11.4 Å². The summed E-state index contributed by atoms with van der Waals surface area (Å²) in [6.07, 6.45) is 1.26. The molecule has 3 nitrogen and oxygen atoms in total. The van der Waals surface area contributed by atoms with Gasteiger partial charge in [-0.3, -0.25) is 4.79 Å². The molecule has 0 radical (unpaired) electrons. The normalized spacial score (nSPS) is 10.6. The van der Waals surface area contributed by atoms with E-state index in [1.54, 1.807) is 0 Å². The summed E-state index contributed by atoms with van der Waals surface area (Å²) in [6.45, 7) is 0. The number of hydrogen-bond acceptors (Lipinski definition) is 2. The predicted octanol–water partition coefficient (Wildman–Crippen LogP) is 3.79. The van der Waals surface area contributed by atoms with Gasteiger partial charge in [0.15, 0.2) is 23.3 Å². The Morgan fingerprint density at radius 1 is 1.00 bits per heavy atom. The largest absolute Gasteiger partial charge is 0.306 e. The highest BCUT2D eigenvalue weighted by molar-refractivity contribution is 9.10. The van der Waals surface area contributed by atoms with E-state index < -0.39 is 40.6 Å². The number of carbonyl (C=O) groups is 1. The lowest BCUT2D eigenvalue weighted by Crippen LogP contribution is -2.19. The van der Waals surface area contributed by atoms with Crippen molar-refractivity contribution in [3.8, 4) is 0 Å². The molecule has 0 atom stereocenters. The third kappa shape index (κ3) is 2.87. The van der Waals surface area contributed by atoms with Crippen LogP contribution >= 0.6 is 15.9 Å². The molecule has 110 valence electrons. The fraction of sp³-hybridized carbons (Fsp3) is 0. The minimum atomic E-state index is -2.33. The highest BCUT2D eigenvalue weighted by Gasteiger charge is 2.29. The van der Waals surface area contributed by atoms with Crippen LogP contribution in [0.4, 0.5) is 27.8 Å². The Kier molecular flexibility index (Phi) is 4.21. The number of nitrogens with zero attached hydrogens (tertiary/aromatic N) is 1. The lowest BCUT2D eigenvalue weighted by atomic mass is 10.1. The average molecular weight is 367 g/mol. The molecule has 0 bridgehead atoms. The monoisotopic (exact) mass is 366 g/mol. The number of halogens is 6. The molecule has 1 N–H and O–H groups in total. The number of rotatable bonds is 2. The zero-order valence-electron chi connectivity index (χ0n) is 9.86. The maximum Gasteiger partial charge on any atom is 0.263 e. The first-order chi connectivity index (χ1) is 9.82. The fourth-order valence-electron chi connectivity index (χ4n) is 1.46. The minimum absolute atomic E-state index is 0.127. The molecule has 1 aromatic heterocycles. The SMILES string of the molecule is O=C(Nc1cc(Br)ccn1)c1c(F)c(F)c(F)c(F)c1F. The van der Waals surface area contributed by atoms with Crippen molar-refractivity contribution >= 4 is 27.7 Å². The van der Waals surface area contributed by atoms with Gasteiger partial charge >= 0.3 is 0 Å². The van der Waals surface area contributed by atoms with Crippen LogP contribution in [0, 0.1) is 29.1 Å². The van der Waals surface area contributed by atoms with Gasteiger partial charge in [0.05, 0.1) is 0 Å². The molecule has 0 saturated heterocycles. The van der Waals surface area contributed by atoms with E-state index in [-0.39, 0.29) is 5.82 Å². The maximum absolute atomic E-state index is 13.4. The van der Waals surface area contributed by atoms with Gasteiger partial charge in [-0.15, -0.1) is 0 Å². The van der Waals surface area contributed by atoms with Gasteiger partial charge in [0, 0.05) is 10.7 Å². The van der Waals surface area contributed by atoms with Crippen LogP contribution in [0.3, 0.4) is 0 Å². The molecule has 0 aliphatic heterocycles. The number of nitrogens with one attached hydrogen (secondary N) is 1. The van der Waals surface area contributed by atoms with Crippen LogP contribution in [0.25, 0.3) is 0 Å². The number of benzene rings is 1. The van der Waals surface area contributed by atoms with Crippen molar-refractivity contribution in [1.82, 2.24) is 4.98 Å². The second kappa shape index (κ2) is 5.76. The van der Waals surface area contributed by atoms with Gasteiger partial charge in [-0.05, 0) is 12.1 Å². The fourth-order valence-corrected chi connectivity index (χ4v) is 1.79. The summed E-state index contributed by atoms with van der Waals surface area (Å²) >= 11 is 3.06. The molecule has 1 aromatic carbocycles. The molecule has 9 heteroatoms. The summed E-state index contributed by atoms with van der Waals surface area (Å²) in [5, 5.41) is 1.94. The molecule has 2 rings (SSSR count). The molecule has 0 unspecified atom stereocenters. The van der Waals surface area contributed by atoms with E-state index in [9.17, 15) is 26.7 Å². The van der Waals surface area contributed by atoms with Crippen molar-refractivity contribution in [2.75, 3.05) is 5.32 Å². The Balaban J connectivity index is 2.45. The van der Waals surface area contributed by atoms with E-state index in [1.165, 1.54) is 18.3 Å². The maximum atomic E-state index is 13.4. The van der Waals surface area contributed by atoms with Crippen LogP contribution in [0.15, 0.2) is 22.8 Å². The molecular formula is C12H4BrF5N2O. The highest BCUT2D eigenvalue weighted by atomic mass is 79.9. The van der Waals surface area contributed by atoms with E-state index in [2.05, 4.69) is 20.9 Å². The summed E-state index contributed by atoms with van der Waals surface area (Å²) < 4.78 is 66.2. The van der Waals surface area contributed by atoms with Crippen LogP contribution in [-0.2, 0) is 0 Å². The Hall–Kier alpha value is -2.03. The highest BCUT2D eigenvalue weighted by Crippen LogP contribution is 2.24. The molecule has 1 heterocycles. The second-order valence-electron chi connectivity index (χ2n) is 3.76. The van der Waals surface area contributed by atoms with Crippen LogP contribution in [-0.4, -0.2) is 10.9 Å². The van der Waals surface area contributed by atoms with E-state index in [4.69, 9.17) is 0 Å². The molecule has 2 aromatic rings. The third-order valence-electron chi connectivity index (χ3n) is 2.40. The van der Waals surface area contributed by atoms with Gasteiger partial charge in [-0.25, -0.2) is 26.9 Å². The predicted molar refractivity (Wildman–Crippen MR) is 66.1 cm³/mol. The van der Waals surface area contributed by atoms with E-state index in [0.29, 0.717) is 4.47 Å². The molecule has 1 amide bonds. The summed E-state index contributed by atoms with van der Waals surface area (Å²) in [5.74, 6) is -12.8. The molecule has 0 aliphatic carbocycles. The molecular weight excluding hydrogens is 363 g/mol. The minimum Gasteiger partial charge on any atom is -0.306 e. The first kappa shape index (κ1) is 15.4.